The van der Waals surface area contributed by atoms with Crippen molar-refractivity contribution in [1.29, 1.82) is 0 Å². The molecule has 190 valence electrons. The van der Waals surface area contributed by atoms with Crippen LogP contribution in [0.5, 0.6) is 0 Å². The van der Waals surface area contributed by atoms with E-state index in [1.54, 1.807) is 27.2 Å². The first-order valence-electron chi connectivity index (χ1n) is 13.0. The van der Waals surface area contributed by atoms with Crippen LogP contribution >= 0.6 is 11.3 Å². The van der Waals surface area contributed by atoms with Crippen LogP contribution in [-0.4, -0.2) is 63.3 Å². The average molecular weight is 518 g/mol. The molecule has 37 heavy (non-hydrogen) atoms. The number of aryl methyl sites for hydroxylation is 1. The molecular formula is C29H28FN3O3S. The molecule has 2 saturated carbocycles. The third-order valence-corrected chi connectivity index (χ3v) is 9.29. The van der Waals surface area contributed by atoms with Crippen molar-refractivity contribution >= 4 is 39.1 Å². The van der Waals surface area contributed by atoms with Gasteiger partial charge in [-0.1, -0.05) is 12.1 Å². The summed E-state index contributed by atoms with van der Waals surface area (Å²) in [6, 6.07) is 13.5. The Bertz CT molecular complexity index is 1500. The Morgan fingerprint density at radius 3 is 2.62 bits per heavy atom. The van der Waals surface area contributed by atoms with E-state index >= 15 is 4.39 Å². The topological polar surface area (TPSA) is 73.2 Å². The smallest absolute Gasteiger partial charge is 0.256 e. The first-order chi connectivity index (χ1) is 17.7. The van der Waals surface area contributed by atoms with Crippen LogP contribution < -0.4 is 0 Å². The predicted molar refractivity (Wildman–Crippen MR) is 141 cm³/mol. The summed E-state index contributed by atoms with van der Waals surface area (Å²) >= 11 is 1.74. The van der Waals surface area contributed by atoms with Crippen LogP contribution in [0.4, 0.5) is 4.39 Å². The second-order valence-electron chi connectivity index (χ2n) is 11.1. The number of rotatable bonds is 5. The summed E-state index contributed by atoms with van der Waals surface area (Å²) in [5.41, 5.74) is 0.156. The van der Waals surface area contributed by atoms with Gasteiger partial charge in [0.1, 0.15) is 22.8 Å². The zero-order valence-electron chi connectivity index (χ0n) is 20.7. The molecule has 2 amide bonds. The van der Waals surface area contributed by atoms with Crippen molar-refractivity contribution in [3.63, 3.8) is 0 Å². The highest BCUT2D eigenvalue weighted by Crippen LogP contribution is 2.47. The van der Waals surface area contributed by atoms with E-state index in [0.717, 1.165) is 22.9 Å². The van der Waals surface area contributed by atoms with Gasteiger partial charge in [0.2, 0.25) is 0 Å². The van der Waals surface area contributed by atoms with Gasteiger partial charge in [-0.2, -0.15) is 0 Å². The maximum absolute atomic E-state index is 15.6. The average Bonchev–Trinajstić information content (AvgIpc) is 3.70. The minimum absolute atomic E-state index is 0.0603. The first kappa shape index (κ1) is 23.0. The minimum Gasteiger partial charge on any atom is -0.380 e. The number of nitrogens with zero attached hydrogens (tertiary/aromatic N) is 3. The highest BCUT2D eigenvalue weighted by molar-refractivity contribution is 7.19. The number of thiophene rings is 1. The number of carbonyl (C=O) groups is 2. The van der Waals surface area contributed by atoms with Crippen LogP contribution in [0.1, 0.15) is 42.5 Å². The van der Waals surface area contributed by atoms with Crippen molar-refractivity contribution in [2.75, 3.05) is 19.6 Å². The minimum atomic E-state index is -1.18. The van der Waals surface area contributed by atoms with E-state index in [1.807, 2.05) is 12.1 Å². The van der Waals surface area contributed by atoms with E-state index in [-0.39, 0.29) is 17.7 Å². The van der Waals surface area contributed by atoms with E-state index in [9.17, 15) is 14.7 Å². The molecule has 0 radical (unpaired) electrons. The monoisotopic (exact) mass is 517 g/mol. The summed E-state index contributed by atoms with van der Waals surface area (Å²) < 4.78 is 16.8. The van der Waals surface area contributed by atoms with Gasteiger partial charge in [0.25, 0.3) is 11.8 Å². The Hall–Kier alpha value is -3.10. The van der Waals surface area contributed by atoms with E-state index in [2.05, 4.69) is 25.1 Å². The van der Waals surface area contributed by atoms with Gasteiger partial charge >= 0.3 is 0 Å². The van der Waals surface area contributed by atoms with E-state index in [1.165, 1.54) is 15.6 Å². The second kappa shape index (κ2) is 7.95. The Balaban J connectivity index is 1.14. The summed E-state index contributed by atoms with van der Waals surface area (Å²) in [4.78, 5) is 35.3. The third kappa shape index (κ3) is 3.80. The summed E-state index contributed by atoms with van der Waals surface area (Å²) in [6.07, 6.45) is 3.17. The normalized spacial score (nSPS) is 23.3. The van der Waals surface area contributed by atoms with Crippen LogP contribution in [0, 0.1) is 18.7 Å². The molecular weight excluding hydrogens is 489 g/mol. The molecule has 1 atom stereocenters. The zero-order valence-corrected chi connectivity index (χ0v) is 21.5. The molecule has 2 aromatic carbocycles. The Labute approximate surface area is 218 Å². The van der Waals surface area contributed by atoms with Gasteiger partial charge in [0.05, 0.1) is 5.56 Å². The molecule has 1 spiro atoms. The lowest BCUT2D eigenvalue weighted by atomic mass is 10.0. The molecule has 7 rings (SSSR count). The number of benzene rings is 2. The molecule has 2 aliphatic heterocycles. The van der Waals surface area contributed by atoms with Gasteiger partial charge in [0.15, 0.2) is 0 Å². The molecule has 6 nitrogen and oxygen atoms in total. The predicted octanol–water partition coefficient (Wildman–Crippen LogP) is 4.51. The number of hydrogen-bond acceptors (Lipinski definition) is 5. The molecule has 0 bridgehead atoms. The number of halogens is 1. The molecule has 1 N–H and O–H groups in total. The Morgan fingerprint density at radius 1 is 1.14 bits per heavy atom. The standard InChI is InChI=1S/C29H28FN3O3S/c1-17-12-21-13-19(3-5-24(21)37-17)20-2-4-22(23(30)14-20)25-31-28(7-8-28)26(34)33(25)16-18-6-11-32(15-18)27(35)29(36)9-10-29/h2-5,12-14,18,36H,6-11,15-16H2,1H3/t18-/m1/s1. The molecule has 3 heterocycles. The highest BCUT2D eigenvalue weighted by Gasteiger charge is 2.58. The Kier molecular flexibility index (Phi) is 4.95. The molecule has 3 aromatic rings. The van der Waals surface area contributed by atoms with Gasteiger partial charge in [0, 0.05) is 29.2 Å². The molecule has 0 unspecified atom stereocenters. The van der Waals surface area contributed by atoms with Crippen LogP contribution in [-0.2, 0) is 9.59 Å². The molecule has 1 saturated heterocycles. The van der Waals surface area contributed by atoms with E-state index in [4.69, 9.17) is 4.99 Å². The van der Waals surface area contributed by atoms with Crippen molar-refractivity contribution in [2.45, 2.75) is 50.2 Å². The molecule has 4 aliphatic rings. The number of hydrogen-bond donors (Lipinski definition) is 1. The lowest BCUT2D eigenvalue weighted by molar-refractivity contribution is -0.141. The fraction of sp³-hybridized carbons (Fsp3) is 0.414. The lowest BCUT2D eigenvalue weighted by Crippen LogP contribution is -2.42. The zero-order chi connectivity index (χ0) is 25.5. The molecule has 1 aromatic heterocycles. The number of aliphatic hydroxyl groups is 1. The van der Waals surface area contributed by atoms with E-state index in [0.29, 0.717) is 56.7 Å². The Morgan fingerprint density at radius 2 is 1.89 bits per heavy atom. The van der Waals surface area contributed by atoms with Crippen LogP contribution in [0.15, 0.2) is 47.5 Å². The van der Waals surface area contributed by atoms with Crippen molar-refractivity contribution < 1.29 is 19.1 Å². The first-order valence-corrected chi connectivity index (χ1v) is 13.8. The van der Waals surface area contributed by atoms with Crippen LogP contribution in [0.2, 0.25) is 0 Å². The van der Waals surface area contributed by atoms with Crippen LogP contribution in [0.25, 0.3) is 21.2 Å². The summed E-state index contributed by atoms with van der Waals surface area (Å²) in [6.45, 7) is 3.55. The number of aliphatic imine (C=N–C) groups is 1. The number of carbonyl (C=O) groups excluding carboxylic acids is 2. The number of amides is 2. The SMILES string of the molecule is Cc1cc2cc(-c3ccc(C4=NC5(CC5)C(=O)N4C[C@@H]4CCN(C(=O)C5(O)CC5)C4)c(F)c3)ccc2s1. The summed E-state index contributed by atoms with van der Waals surface area (Å²) in [7, 11) is 0. The maximum atomic E-state index is 15.6. The molecule has 3 fully saturated rings. The lowest BCUT2D eigenvalue weighted by Gasteiger charge is -2.24. The van der Waals surface area contributed by atoms with Crippen molar-refractivity contribution in [3.05, 3.63) is 58.7 Å². The fourth-order valence-corrected chi connectivity index (χ4v) is 6.66. The van der Waals surface area contributed by atoms with Gasteiger partial charge in [-0.25, -0.2) is 4.39 Å². The second-order valence-corrected chi connectivity index (χ2v) is 12.4. The maximum Gasteiger partial charge on any atom is 0.256 e. The van der Waals surface area contributed by atoms with Gasteiger partial charge in [-0.3, -0.25) is 19.5 Å². The van der Waals surface area contributed by atoms with E-state index < -0.39 is 17.0 Å². The van der Waals surface area contributed by atoms with Gasteiger partial charge in [-0.05, 0) is 91.8 Å². The number of amidine groups is 1. The quantitative estimate of drug-likeness (QED) is 0.541. The highest BCUT2D eigenvalue weighted by atomic mass is 32.1. The largest absolute Gasteiger partial charge is 0.380 e. The summed E-state index contributed by atoms with van der Waals surface area (Å²) in [5, 5.41) is 11.4. The van der Waals surface area contributed by atoms with Crippen LogP contribution in [0.3, 0.4) is 0 Å². The van der Waals surface area contributed by atoms with Crippen molar-refractivity contribution in [1.82, 2.24) is 9.80 Å². The van der Waals surface area contributed by atoms with Crippen molar-refractivity contribution in [3.8, 4) is 11.1 Å². The molecule has 8 heteroatoms. The number of likely N-dealkylation sites (tertiary alicyclic amines) is 1. The van der Waals surface area contributed by atoms with Crippen molar-refractivity contribution in [2.24, 2.45) is 10.9 Å². The fourth-order valence-electron chi connectivity index (χ4n) is 5.76. The number of fused-ring (bicyclic) bond motifs is 1. The summed E-state index contributed by atoms with van der Waals surface area (Å²) in [5.74, 6) is -0.186. The molecule has 2 aliphatic carbocycles. The van der Waals surface area contributed by atoms with Gasteiger partial charge < -0.3 is 10.0 Å². The third-order valence-electron chi connectivity index (χ3n) is 8.26. The van der Waals surface area contributed by atoms with Gasteiger partial charge in [-0.15, -0.1) is 11.3 Å².